The minimum atomic E-state index is -1.09. The standard InChI is InChI=1S/C4H5N2O3/c7-3(8)2-1-5-4(9)6-2/h1H2,(H,7,8)(H2,5,6,9). The third kappa shape index (κ3) is 1.10. The second-order valence-electron chi connectivity index (χ2n) is 1.59. The lowest BCUT2D eigenvalue weighted by atomic mass is 10.3. The van der Waals surface area contributed by atoms with Crippen molar-refractivity contribution in [2.45, 2.75) is 0 Å². The van der Waals surface area contributed by atoms with Gasteiger partial charge in [0.2, 0.25) is 0 Å². The molecule has 5 nitrogen and oxygen atoms in total. The first-order valence-electron chi connectivity index (χ1n) is 2.34. The number of rotatable bonds is 1. The average molecular weight is 129 g/mol. The van der Waals surface area contributed by atoms with E-state index in [4.69, 9.17) is 5.11 Å². The van der Waals surface area contributed by atoms with Crippen LogP contribution in [-0.4, -0.2) is 23.7 Å². The zero-order valence-electron chi connectivity index (χ0n) is 4.47. The number of hydrogen-bond acceptors (Lipinski definition) is 2. The van der Waals surface area contributed by atoms with Crippen LogP contribution in [0, 0.1) is 6.04 Å². The lowest BCUT2D eigenvalue weighted by Crippen LogP contribution is -2.26. The zero-order valence-corrected chi connectivity index (χ0v) is 4.47. The lowest BCUT2D eigenvalue weighted by molar-refractivity contribution is -0.135. The van der Waals surface area contributed by atoms with E-state index >= 15 is 0 Å². The maximum Gasteiger partial charge on any atom is 0.334 e. The number of amides is 2. The molecule has 0 atom stereocenters. The summed E-state index contributed by atoms with van der Waals surface area (Å²) in [4.78, 5) is 20.3. The van der Waals surface area contributed by atoms with Gasteiger partial charge in [0.05, 0.1) is 6.54 Å². The SMILES string of the molecule is O=C1NC[C](C(=O)O)N1. The fraction of sp³-hybridized carbons (Fsp3) is 0.250. The van der Waals surface area contributed by atoms with Gasteiger partial charge in [-0.3, -0.25) is 0 Å². The van der Waals surface area contributed by atoms with Gasteiger partial charge in [0, 0.05) is 0 Å². The summed E-state index contributed by atoms with van der Waals surface area (Å²) in [6, 6.07) is -0.451. The molecule has 3 N–H and O–H groups in total. The average Bonchev–Trinajstić information content (AvgIpc) is 2.14. The Morgan fingerprint density at radius 2 is 2.33 bits per heavy atom. The van der Waals surface area contributed by atoms with Gasteiger partial charge >= 0.3 is 12.0 Å². The highest BCUT2D eigenvalue weighted by Gasteiger charge is 2.27. The van der Waals surface area contributed by atoms with Gasteiger partial charge in [0.25, 0.3) is 0 Å². The van der Waals surface area contributed by atoms with Gasteiger partial charge in [-0.15, -0.1) is 0 Å². The van der Waals surface area contributed by atoms with Crippen LogP contribution >= 0.6 is 0 Å². The van der Waals surface area contributed by atoms with Crippen molar-refractivity contribution < 1.29 is 14.7 Å². The number of carbonyl (C=O) groups is 2. The number of aliphatic carboxylic acids is 1. The molecule has 1 heterocycles. The molecule has 0 spiro atoms. The van der Waals surface area contributed by atoms with E-state index < -0.39 is 12.0 Å². The van der Waals surface area contributed by atoms with E-state index in [0.29, 0.717) is 0 Å². The maximum absolute atomic E-state index is 10.3. The third-order valence-corrected chi connectivity index (χ3v) is 0.948. The van der Waals surface area contributed by atoms with E-state index in [1.54, 1.807) is 0 Å². The quantitative estimate of drug-likeness (QED) is 0.421. The summed E-state index contributed by atoms with van der Waals surface area (Å²) in [5.74, 6) is -1.09. The first kappa shape index (κ1) is 5.87. The largest absolute Gasteiger partial charge is 0.479 e. The molecule has 9 heavy (non-hydrogen) atoms. The van der Waals surface area contributed by atoms with E-state index in [9.17, 15) is 9.59 Å². The Bertz CT molecular complexity index is 156. The van der Waals surface area contributed by atoms with Gasteiger partial charge in [-0.25, -0.2) is 9.59 Å². The monoisotopic (exact) mass is 129 g/mol. The molecule has 1 aliphatic rings. The molecule has 2 amide bonds. The Morgan fingerprint density at radius 1 is 1.67 bits per heavy atom. The molecule has 1 fully saturated rings. The van der Waals surface area contributed by atoms with Gasteiger partial charge in [-0.2, -0.15) is 0 Å². The van der Waals surface area contributed by atoms with Crippen LogP contribution in [0.3, 0.4) is 0 Å². The Morgan fingerprint density at radius 3 is 2.56 bits per heavy atom. The van der Waals surface area contributed by atoms with Crippen molar-refractivity contribution in [3.05, 3.63) is 6.04 Å². The fourth-order valence-electron chi connectivity index (χ4n) is 0.523. The summed E-state index contributed by atoms with van der Waals surface area (Å²) in [5.41, 5.74) is 0. The summed E-state index contributed by atoms with van der Waals surface area (Å²) in [6.07, 6.45) is 0. The predicted molar refractivity (Wildman–Crippen MR) is 27.4 cm³/mol. The minimum absolute atomic E-state index is 0.000000000000000222. The minimum Gasteiger partial charge on any atom is -0.479 e. The third-order valence-electron chi connectivity index (χ3n) is 0.948. The highest BCUT2D eigenvalue weighted by atomic mass is 16.4. The molecule has 0 aromatic rings. The topological polar surface area (TPSA) is 78.4 Å². The lowest BCUT2D eigenvalue weighted by Gasteiger charge is -1.95. The first-order valence-corrected chi connectivity index (χ1v) is 2.34. The number of urea groups is 1. The molecular weight excluding hydrogens is 124 g/mol. The molecule has 5 heteroatoms. The molecule has 1 saturated heterocycles. The Labute approximate surface area is 51.0 Å². The molecule has 0 bridgehead atoms. The zero-order chi connectivity index (χ0) is 6.85. The van der Waals surface area contributed by atoms with E-state index in [1.807, 2.05) is 0 Å². The molecule has 0 saturated carbocycles. The smallest absolute Gasteiger partial charge is 0.334 e. The molecule has 1 radical (unpaired) electrons. The van der Waals surface area contributed by atoms with Crippen molar-refractivity contribution in [2.24, 2.45) is 0 Å². The van der Waals surface area contributed by atoms with Crippen LogP contribution in [0.15, 0.2) is 0 Å². The number of carbonyl (C=O) groups excluding carboxylic acids is 1. The summed E-state index contributed by atoms with van der Waals surface area (Å²) < 4.78 is 0. The summed E-state index contributed by atoms with van der Waals surface area (Å²) in [6.45, 7) is 0.0914. The van der Waals surface area contributed by atoms with E-state index in [1.165, 1.54) is 0 Å². The summed E-state index contributed by atoms with van der Waals surface area (Å²) >= 11 is 0. The number of carboxylic acid groups (broad SMARTS) is 1. The fourth-order valence-corrected chi connectivity index (χ4v) is 0.523. The molecule has 0 aliphatic carbocycles. The number of nitrogens with one attached hydrogen (secondary N) is 2. The van der Waals surface area contributed by atoms with Crippen LogP contribution in [0.5, 0.6) is 0 Å². The van der Waals surface area contributed by atoms with Crippen molar-refractivity contribution in [3.63, 3.8) is 0 Å². The molecule has 1 aliphatic heterocycles. The van der Waals surface area contributed by atoms with Gasteiger partial charge in [0.15, 0.2) is 6.04 Å². The Hall–Kier alpha value is -1.26. The number of hydrogen-bond donors (Lipinski definition) is 3. The summed E-state index contributed by atoms with van der Waals surface area (Å²) in [7, 11) is 0. The molecule has 0 unspecified atom stereocenters. The molecule has 0 aromatic heterocycles. The second kappa shape index (κ2) is 1.93. The molecular formula is C4H5N2O3. The molecule has 1 rings (SSSR count). The number of carboxylic acids is 1. The molecule has 49 valence electrons. The van der Waals surface area contributed by atoms with Gasteiger partial charge in [-0.05, 0) is 0 Å². The van der Waals surface area contributed by atoms with Crippen LogP contribution in [0.2, 0.25) is 0 Å². The van der Waals surface area contributed by atoms with Crippen LogP contribution < -0.4 is 10.6 Å². The van der Waals surface area contributed by atoms with Gasteiger partial charge in [0.1, 0.15) is 0 Å². The second-order valence-corrected chi connectivity index (χ2v) is 1.59. The predicted octanol–water partition coefficient (Wildman–Crippen LogP) is -1.08. The van der Waals surface area contributed by atoms with Crippen molar-refractivity contribution in [1.82, 2.24) is 10.6 Å². The van der Waals surface area contributed by atoms with Gasteiger partial charge in [-0.1, -0.05) is 0 Å². The Balaban J connectivity index is 2.48. The normalized spacial score (nSPS) is 18.9. The molecule has 0 aromatic carbocycles. The van der Waals surface area contributed by atoms with E-state index in [2.05, 4.69) is 10.6 Å². The van der Waals surface area contributed by atoms with Crippen molar-refractivity contribution in [2.75, 3.05) is 6.54 Å². The van der Waals surface area contributed by atoms with E-state index in [-0.39, 0.29) is 12.6 Å². The van der Waals surface area contributed by atoms with Crippen LogP contribution in [-0.2, 0) is 4.79 Å². The maximum atomic E-state index is 10.3. The van der Waals surface area contributed by atoms with Crippen molar-refractivity contribution >= 4 is 12.0 Å². The van der Waals surface area contributed by atoms with Crippen LogP contribution in [0.4, 0.5) is 4.79 Å². The highest BCUT2D eigenvalue weighted by Crippen LogP contribution is 1.97. The first-order chi connectivity index (χ1) is 4.20. The van der Waals surface area contributed by atoms with Crippen LogP contribution in [0.25, 0.3) is 0 Å². The van der Waals surface area contributed by atoms with Crippen molar-refractivity contribution in [1.29, 1.82) is 0 Å². The van der Waals surface area contributed by atoms with Gasteiger partial charge < -0.3 is 15.7 Å². The summed E-state index contributed by atoms with van der Waals surface area (Å²) in [5, 5.41) is 12.6. The Kier molecular flexibility index (Phi) is 1.26. The van der Waals surface area contributed by atoms with Crippen LogP contribution in [0.1, 0.15) is 0 Å². The highest BCUT2D eigenvalue weighted by molar-refractivity contribution is 5.92. The van der Waals surface area contributed by atoms with Crippen molar-refractivity contribution in [3.8, 4) is 0 Å². The van der Waals surface area contributed by atoms with E-state index in [0.717, 1.165) is 0 Å².